The fourth-order valence-corrected chi connectivity index (χ4v) is 0.390. The minimum atomic E-state index is -4.67. The van der Waals surface area contributed by atoms with E-state index in [4.69, 9.17) is 0 Å². The maximum Gasteiger partial charge on any atom is 0.343 e. The summed E-state index contributed by atoms with van der Waals surface area (Å²) < 4.78 is 60.1. The zero-order valence-corrected chi connectivity index (χ0v) is 5.75. The third kappa shape index (κ3) is 1.91. The zero-order valence-electron chi connectivity index (χ0n) is 5.75. The van der Waals surface area contributed by atoms with Gasteiger partial charge in [-0.1, -0.05) is 12.7 Å². The predicted octanol–water partition coefficient (Wildman–Crippen LogP) is 2.80. The Balaban J connectivity index is 4.58. The number of halogens is 5. The van der Waals surface area contributed by atoms with Gasteiger partial charge in [-0.2, -0.15) is 8.78 Å². The lowest BCUT2D eigenvalue weighted by Gasteiger charge is -2.24. The zero-order chi connectivity index (χ0) is 9.28. The SMILES string of the molecule is C=CC(F)C(F)(F)C(C)(F)F. The Morgan fingerprint density at radius 1 is 1.27 bits per heavy atom. The van der Waals surface area contributed by atoms with Crippen molar-refractivity contribution in [1.29, 1.82) is 0 Å². The number of hydrogen-bond donors (Lipinski definition) is 0. The lowest BCUT2D eigenvalue weighted by molar-refractivity contribution is -0.220. The molecule has 0 aromatic carbocycles. The molecule has 0 spiro atoms. The second-order valence-corrected chi connectivity index (χ2v) is 2.15. The fourth-order valence-electron chi connectivity index (χ4n) is 0.390. The van der Waals surface area contributed by atoms with E-state index in [0.29, 0.717) is 0 Å². The second-order valence-electron chi connectivity index (χ2n) is 2.15. The van der Waals surface area contributed by atoms with Crippen molar-refractivity contribution in [2.75, 3.05) is 0 Å². The van der Waals surface area contributed by atoms with Gasteiger partial charge in [0, 0.05) is 6.92 Å². The Morgan fingerprint density at radius 2 is 1.64 bits per heavy atom. The molecule has 66 valence electrons. The monoisotopic (exact) mass is 174 g/mol. The summed E-state index contributed by atoms with van der Waals surface area (Å²) in [6, 6.07) is 0. The summed E-state index contributed by atoms with van der Waals surface area (Å²) in [6.07, 6.45) is -2.86. The lowest BCUT2D eigenvalue weighted by Crippen LogP contribution is -2.44. The van der Waals surface area contributed by atoms with Gasteiger partial charge in [-0.15, -0.1) is 0 Å². The molecule has 0 N–H and O–H groups in total. The van der Waals surface area contributed by atoms with Crippen molar-refractivity contribution in [3.63, 3.8) is 0 Å². The molecule has 0 rings (SSSR count). The predicted molar refractivity (Wildman–Crippen MR) is 30.7 cm³/mol. The standard InChI is InChI=1S/C6H7F5/c1-3-4(7)6(10,11)5(2,8)9/h3-4H,1H2,2H3. The molecule has 0 aliphatic carbocycles. The van der Waals surface area contributed by atoms with Crippen molar-refractivity contribution in [3.05, 3.63) is 12.7 Å². The highest BCUT2D eigenvalue weighted by molar-refractivity contribution is 4.96. The summed E-state index contributed by atoms with van der Waals surface area (Å²) in [7, 11) is 0. The normalized spacial score (nSPS) is 16.2. The number of rotatable bonds is 3. The van der Waals surface area contributed by atoms with Gasteiger partial charge in [0.05, 0.1) is 0 Å². The van der Waals surface area contributed by atoms with Gasteiger partial charge >= 0.3 is 11.8 Å². The van der Waals surface area contributed by atoms with Crippen molar-refractivity contribution >= 4 is 0 Å². The number of allylic oxidation sites excluding steroid dienone is 1. The van der Waals surface area contributed by atoms with Crippen molar-refractivity contribution in [2.45, 2.75) is 24.9 Å². The summed E-state index contributed by atoms with van der Waals surface area (Å²) in [5.41, 5.74) is 0. The smallest absolute Gasteiger partial charge is 0.236 e. The van der Waals surface area contributed by atoms with Crippen LogP contribution in [0.25, 0.3) is 0 Å². The van der Waals surface area contributed by atoms with Crippen LogP contribution in [0.15, 0.2) is 12.7 Å². The molecule has 0 amide bonds. The van der Waals surface area contributed by atoms with Crippen LogP contribution in [0.5, 0.6) is 0 Å². The van der Waals surface area contributed by atoms with Gasteiger partial charge < -0.3 is 0 Å². The van der Waals surface area contributed by atoms with Gasteiger partial charge in [-0.3, -0.25) is 0 Å². The van der Waals surface area contributed by atoms with Gasteiger partial charge in [0.1, 0.15) is 0 Å². The summed E-state index contributed by atoms with van der Waals surface area (Å²) in [4.78, 5) is 0. The Hall–Kier alpha value is -0.610. The molecule has 1 atom stereocenters. The molecular weight excluding hydrogens is 167 g/mol. The Labute approximate surface area is 60.7 Å². The quantitative estimate of drug-likeness (QED) is 0.455. The number of alkyl halides is 5. The van der Waals surface area contributed by atoms with Gasteiger partial charge in [-0.05, 0) is 0 Å². The molecule has 0 aliphatic rings. The molecule has 11 heavy (non-hydrogen) atoms. The summed E-state index contributed by atoms with van der Waals surface area (Å²) >= 11 is 0. The third-order valence-electron chi connectivity index (χ3n) is 1.14. The van der Waals surface area contributed by atoms with Crippen LogP contribution in [-0.2, 0) is 0 Å². The maximum absolute atomic E-state index is 12.1. The summed E-state index contributed by atoms with van der Waals surface area (Å²) in [6.45, 7) is 2.61. The summed E-state index contributed by atoms with van der Waals surface area (Å²) in [5, 5.41) is 0. The molecule has 5 heteroatoms. The minimum absolute atomic E-state index is 0.0386. The van der Waals surface area contributed by atoms with Crippen LogP contribution in [0.2, 0.25) is 0 Å². The van der Waals surface area contributed by atoms with Crippen LogP contribution < -0.4 is 0 Å². The third-order valence-corrected chi connectivity index (χ3v) is 1.14. The number of hydrogen-bond acceptors (Lipinski definition) is 0. The highest BCUT2D eigenvalue weighted by Crippen LogP contribution is 2.38. The molecule has 0 aromatic rings. The first-order chi connectivity index (χ1) is 4.73. The summed E-state index contributed by atoms with van der Waals surface area (Å²) in [5.74, 6) is -9.03. The van der Waals surface area contributed by atoms with Crippen LogP contribution in [0.1, 0.15) is 6.92 Å². The van der Waals surface area contributed by atoms with Crippen LogP contribution in [0.3, 0.4) is 0 Å². The van der Waals surface area contributed by atoms with E-state index in [1.807, 2.05) is 0 Å². The van der Waals surface area contributed by atoms with Crippen molar-refractivity contribution in [2.24, 2.45) is 0 Å². The van der Waals surface area contributed by atoms with E-state index in [1.165, 1.54) is 0 Å². The minimum Gasteiger partial charge on any atom is -0.236 e. The van der Waals surface area contributed by atoms with Gasteiger partial charge in [0.25, 0.3) is 0 Å². The van der Waals surface area contributed by atoms with Crippen LogP contribution in [0.4, 0.5) is 22.0 Å². The lowest BCUT2D eigenvalue weighted by atomic mass is 10.1. The van der Waals surface area contributed by atoms with Gasteiger partial charge in [0.15, 0.2) is 6.17 Å². The maximum atomic E-state index is 12.1. The molecule has 0 bridgehead atoms. The molecule has 0 heterocycles. The van der Waals surface area contributed by atoms with Crippen LogP contribution in [-0.4, -0.2) is 18.0 Å². The van der Waals surface area contributed by atoms with E-state index in [9.17, 15) is 22.0 Å². The van der Waals surface area contributed by atoms with Crippen molar-refractivity contribution in [1.82, 2.24) is 0 Å². The van der Waals surface area contributed by atoms with Crippen molar-refractivity contribution < 1.29 is 22.0 Å². The Kier molecular flexibility index (Phi) is 2.64. The van der Waals surface area contributed by atoms with E-state index in [2.05, 4.69) is 6.58 Å². The van der Waals surface area contributed by atoms with Gasteiger partial charge in [0.2, 0.25) is 0 Å². The van der Waals surface area contributed by atoms with Gasteiger partial charge in [-0.25, -0.2) is 13.2 Å². The molecular formula is C6H7F5. The van der Waals surface area contributed by atoms with E-state index in [0.717, 1.165) is 0 Å². The molecule has 0 nitrogen and oxygen atoms in total. The topological polar surface area (TPSA) is 0 Å². The van der Waals surface area contributed by atoms with E-state index in [1.54, 1.807) is 0 Å². The average molecular weight is 174 g/mol. The highest BCUT2D eigenvalue weighted by Gasteiger charge is 2.57. The fraction of sp³-hybridized carbons (Fsp3) is 0.667. The van der Waals surface area contributed by atoms with E-state index < -0.39 is 18.0 Å². The largest absolute Gasteiger partial charge is 0.343 e. The molecule has 0 fully saturated rings. The van der Waals surface area contributed by atoms with E-state index in [-0.39, 0.29) is 13.0 Å². The molecule has 0 saturated heterocycles. The first-order valence-corrected chi connectivity index (χ1v) is 2.75. The molecule has 0 aliphatic heterocycles. The van der Waals surface area contributed by atoms with E-state index >= 15 is 0 Å². The van der Waals surface area contributed by atoms with Crippen LogP contribution in [0, 0.1) is 0 Å². The highest BCUT2D eigenvalue weighted by atomic mass is 19.3. The van der Waals surface area contributed by atoms with Crippen molar-refractivity contribution in [3.8, 4) is 0 Å². The Bertz CT molecular complexity index is 146. The first-order valence-electron chi connectivity index (χ1n) is 2.75. The molecule has 0 aromatic heterocycles. The average Bonchev–Trinajstić information content (AvgIpc) is 1.83. The Morgan fingerprint density at radius 3 is 1.73 bits per heavy atom. The molecule has 0 radical (unpaired) electrons. The second kappa shape index (κ2) is 2.79. The molecule has 0 saturated carbocycles. The van der Waals surface area contributed by atoms with Crippen LogP contribution >= 0.6 is 0 Å². The first kappa shape index (κ1) is 10.4. The molecule has 1 unspecified atom stereocenters.